The molecule has 0 atom stereocenters. The Morgan fingerprint density at radius 2 is 2.00 bits per heavy atom. The van der Waals surface area contributed by atoms with Gasteiger partial charge in [0.1, 0.15) is 5.69 Å². The SMILES string of the molecule is O/N=C\c1cnc(CCCCc2cccnc2)cn1. The first-order chi connectivity index (χ1) is 9.38. The van der Waals surface area contributed by atoms with Gasteiger partial charge in [-0.25, -0.2) is 0 Å². The second-order valence-corrected chi connectivity index (χ2v) is 4.25. The molecule has 0 aliphatic heterocycles. The summed E-state index contributed by atoms with van der Waals surface area (Å²) in [6.45, 7) is 0. The molecule has 5 nitrogen and oxygen atoms in total. The van der Waals surface area contributed by atoms with Crippen LogP contribution in [0.5, 0.6) is 0 Å². The molecule has 1 N–H and O–H groups in total. The Balaban J connectivity index is 1.73. The molecule has 0 amide bonds. The van der Waals surface area contributed by atoms with Crippen molar-refractivity contribution in [2.45, 2.75) is 25.7 Å². The van der Waals surface area contributed by atoms with Crippen LogP contribution in [0.4, 0.5) is 0 Å². The zero-order valence-corrected chi connectivity index (χ0v) is 10.6. The van der Waals surface area contributed by atoms with Gasteiger partial charge in [-0.15, -0.1) is 0 Å². The van der Waals surface area contributed by atoms with Gasteiger partial charge in [0.05, 0.1) is 18.1 Å². The van der Waals surface area contributed by atoms with Crippen LogP contribution in [0.3, 0.4) is 0 Å². The van der Waals surface area contributed by atoms with Crippen LogP contribution in [0.1, 0.15) is 29.8 Å². The third-order valence-electron chi connectivity index (χ3n) is 2.79. The molecule has 2 heterocycles. The fourth-order valence-corrected chi connectivity index (χ4v) is 1.80. The van der Waals surface area contributed by atoms with Crippen LogP contribution in [-0.4, -0.2) is 26.4 Å². The number of rotatable bonds is 6. The number of unbranched alkanes of at least 4 members (excludes halogenated alkanes) is 1. The summed E-state index contributed by atoms with van der Waals surface area (Å²) in [6, 6.07) is 4.05. The number of aryl methyl sites for hydroxylation is 2. The standard InChI is InChI=1S/C14H16N4O/c19-18-11-14-10-16-13(9-17-14)6-2-1-4-12-5-3-7-15-8-12/h3,5,7-11,19H,1-2,4,6H2/b18-11-. The second-order valence-electron chi connectivity index (χ2n) is 4.25. The maximum Gasteiger partial charge on any atom is 0.103 e. The smallest absolute Gasteiger partial charge is 0.103 e. The monoisotopic (exact) mass is 256 g/mol. The molecule has 19 heavy (non-hydrogen) atoms. The highest BCUT2D eigenvalue weighted by atomic mass is 16.4. The van der Waals surface area contributed by atoms with E-state index in [2.05, 4.69) is 26.2 Å². The van der Waals surface area contributed by atoms with Crippen molar-refractivity contribution < 1.29 is 5.21 Å². The van der Waals surface area contributed by atoms with Gasteiger partial charge in [-0.05, 0) is 37.3 Å². The maximum absolute atomic E-state index is 8.37. The van der Waals surface area contributed by atoms with Crippen molar-refractivity contribution in [2.24, 2.45) is 5.16 Å². The average molecular weight is 256 g/mol. The van der Waals surface area contributed by atoms with E-state index >= 15 is 0 Å². The van der Waals surface area contributed by atoms with Gasteiger partial charge in [-0.3, -0.25) is 15.0 Å². The van der Waals surface area contributed by atoms with Crippen molar-refractivity contribution in [1.29, 1.82) is 0 Å². The Bertz CT molecular complexity index is 511. The molecule has 0 aliphatic rings. The van der Waals surface area contributed by atoms with Gasteiger partial charge in [-0.1, -0.05) is 11.2 Å². The van der Waals surface area contributed by atoms with Gasteiger partial charge in [0.25, 0.3) is 0 Å². The third-order valence-corrected chi connectivity index (χ3v) is 2.79. The van der Waals surface area contributed by atoms with E-state index in [9.17, 15) is 0 Å². The first-order valence-corrected chi connectivity index (χ1v) is 6.26. The molecule has 0 bridgehead atoms. The van der Waals surface area contributed by atoms with Crippen molar-refractivity contribution >= 4 is 6.21 Å². The second kappa shape index (κ2) is 7.20. The normalized spacial score (nSPS) is 10.9. The fraction of sp³-hybridized carbons (Fsp3) is 0.286. The van der Waals surface area contributed by atoms with Gasteiger partial charge in [-0.2, -0.15) is 0 Å². The van der Waals surface area contributed by atoms with Gasteiger partial charge in [0, 0.05) is 18.6 Å². The van der Waals surface area contributed by atoms with E-state index in [1.165, 1.54) is 11.8 Å². The van der Waals surface area contributed by atoms with E-state index in [0.717, 1.165) is 31.4 Å². The number of aromatic nitrogens is 3. The summed E-state index contributed by atoms with van der Waals surface area (Å²) in [4.78, 5) is 12.5. The van der Waals surface area contributed by atoms with Gasteiger partial charge >= 0.3 is 0 Å². The Morgan fingerprint density at radius 1 is 1.11 bits per heavy atom. The Kier molecular flexibility index (Phi) is 4.98. The molecule has 0 radical (unpaired) electrons. The van der Waals surface area contributed by atoms with E-state index in [1.54, 1.807) is 18.6 Å². The molecule has 0 aromatic carbocycles. The van der Waals surface area contributed by atoms with Crippen LogP contribution in [0.2, 0.25) is 0 Å². The topological polar surface area (TPSA) is 71.3 Å². The van der Waals surface area contributed by atoms with Gasteiger partial charge < -0.3 is 5.21 Å². The quantitative estimate of drug-likeness (QED) is 0.372. The molecule has 2 rings (SSSR count). The largest absolute Gasteiger partial charge is 0.411 e. The van der Waals surface area contributed by atoms with Crippen molar-refractivity contribution in [1.82, 2.24) is 15.0 Å². The molecular weight excluding hydrogens is 240 g/mol. The van der Waals surface area contributed by atoms with E-state index in [4.69, 9.17) is 5.21 Å². The summed E-state index contributed by atoms with van der Waals surface area (Å²) < 4.78 is 0. The lowest BCUT2D eigenvalue weighted by atomic mass is 10.1. The molecule has 98 valence electrons. The fourth-order valence-electron chi connectivity index (χ4n) is 1.80. The van der Waals surface area contributed by atoms with Crippen LogP contribution >= 0.6 is 0 Å². The maximum atomic E-state index is 8.37. The highest BCUT2D eigenvalue weighted by molar-refractivity contribution is 5.75. The van der Waals surface area contributed by atoms with Crippen molar-refractivity contribution in [3.05, 3.63) is 53.9 Å². The van der Waals surface area contributed by atoms with Crippen LogP contribution in [-0.2, 0) is 12.8 Å². The van der Waals surface area contributed by atoms with Gasteiger partial charge in [0.2, 0.25) is 0 Å². The lowest BCUT2D eigenvalue weighted by molar-refractivity contribution is 0.321. The minimum Gasteiger partial charge on any atom is -0.411 e. The molecule has 0 spiro atoms. The predicted octanol–water partition coefficient (Wildman–Crippen LogP) is 2.25. The number of hydrogen-bond acceptors (Lipinski definition) is 5. The van der Waals surface area contributed by atoms with E-state index in [0.29, 0.717) is 5.69 Å². The Hall–Kier alpha value is -2.30. The summed E-state index contributed by atoms with van der Waals surface area (Å²) in [7, 11) is 0. The molecule has 5 heteroatoms. The summed E-state index contributed by atoms with van der Waals surface area (Å²) in [6.07, 6.45) is 12.4. The molecule has 0 aliphatic carbocycles. The molecule has 0 unspecified atom stereocenters. The third kappa shape index (κ3) is 4.46. The number of hydrogen-bond donors (Lipinski definition) is 1. The minimum atomic E-state index is 0.557. The highest BCUT2D eigenvalue weighted by Crippen LogP contribution is 2.06. The number of oxime groups is 1. The van der Waals surface area contributed by atoms with Crippen molar-refractivity contribution in [2.75, 3.05) is 0 Å². The van der Waals surface area contributed by atoms with Crippen LogP contribution in [0, 0.1) is 0 Å². The van der Waals surface area contributed by atoms with Crippen molar-refractivity contribution in [3.8, 4) is 0 Å². The molecular formula is C14H16N4O. The van der Waals surface area contributed by atoms with E-state index in [1.807, 2.05) is 12.3 Å². The molecule has 0 fully saturated rings. The summed E-state index contributed by atoms with van der Waals surface area (Å²) in [5.41, 5.74) is 2.78. The van der Waals surface area contributed by atoms with Crippen LogP contribution < -0.4 is 0 Å². The van der Waals surface area contributed by atoms with Crippen LogP contribution in [0.25, 0.3) is 0 Å². The Labute approximate surface area is 112 Å². The van der Waals surface area contributed by atoms with E-state index < -0.39 is 0 Å². The molecule has 0 saturated carbocycles. The molecule has 2 aromatic heterocycles. The molecule has 0 saturated heterocycles. The lowest BCUT2D eigenvalue weighted by Crippen LogP contribution is -1.96. The van der Waals surface area contributed by atoms with Gasteiger partial charge in [0.15, 0.2) is 0 Å². The van der Waals surface area contributed by atoms with Crippen LogP contribution in [0.15, 0.2) is 42.1 Å². The first-order valence-electron chi connectivity index (χ1n) is 6.26. The average Bonchev–Trinajstić information content (AvgIpc) is 2.47. The van der Waals surface area contributed by atoms with Crippen molar-refractivity contribution in [3.63, 3.8) is 0 Å². The first kappa shape index (κ1) is 13.1. The zero-order chi connectivity index (χ0) is 13.3. The Morgan fingerprint density at radius 3 is 2.68 bits per heavy atom. The number of pyridine rings is 1. The lowest BCUT2D eigenvalue weighted by Gasteiger charge is -2.01. The summed E-state index contributed by atoms with van der Waals surface area (Å²) in [5, 5.41) is 11.3. The predicted molar refractivity (Wildman–Crippen MR) is 72.3 cm³/mol. The number of nitrogens with zero attached hydrogens (tertiary/aromatic N) is 4. The summed E-state index contributed by atoms with van der Waals surface area (Å²) in [5.74, 6) is 0. The minimum absolute atomic E-state index is 0.557. The summed E-state index contributed by atoms with van der Waals surface area (Å²) >= 11 is 0. The van der Waals surface area contributed by atoms with E-state index in [-0.39, 0.29) is 0 Å². The highest BCUT2D eigenvalue weighted by Gasteiger charge is 1.98. The molecule has 2 aromatic rings. The zero-order valence-electron chi connectivity index (χ0n) is 10.6.